The maximum Gasteiger partial charge on any atom is 0.0540 e. The Morgan fingerprint density at radius 1 is 0.293 bits per heavy atom. The Morgan fingerprint density at radius 3 is 1.38 bits per heavy atom. The van der Waals surface area contributed by atoms with Crippen molar-refractivity contribution in [2.24, 2.45) is 0 Å². The minimum atomic E-state index is -0.190. The predicted octanol–water partition coefficient (Wildman–Crippen LogP) is 15.4. The maximum absolute atomic E-state index is 2.54. The first-order valence-corrected chi connectivity index (χ1v) is 20.8. The van der Waals surface area contributed by atoms with E-state index >= 15 is 0 Å². The molecule has 8 aromatic rings. The molecule has 0 fully saturated rings. The lowest BCUT2D eigenvalue weighted by atomic mass is 9.79. The van der Waals surface area contributed by atoms with Gasteiger partial charge in [-0.3, -0.25) is 0 Å². The van der Waals surface area contributed by atoms with Crippen molar-refractivity contribution >= 4 is 17.1 Å². The number of hydrogen-bond donors (Lipinski definition) is 0. The van der Waals surface area contributed by atoms with Crippen LogP contribution in [0.3, 0.4) is 0 Å². The molecule has 0 aliphatic heterocycles. The number of para-hydroxylation sites is 1. The van der Waals surface area contributed by atoms with E-state index in [0.717, 1.165) is 5.69 Å². The molecule has 280 valence electrons. The molecule has 0 amide bonds. The average molecular weight is 746 g/mol. The summed E-state index contributed by atoms with van der Waals surface area (Å²) in [6.45, 7) is 14.3. The van der Waals surface area contributed by atoms with Gasteiger partial charge in [-0.2, -0.15) is 0 Å². The molecule has 3 aliphatic rings. The SMILES string of the molecule is CC1(C)c2ccccc2-c2ccc(-c3ccccc3N(c3ccc(-c4cccc5c4C(C)(C)c4ccccc4-5)cc3)c3cccc4c3C(C)(C)c3ccccc3-4)cc21. The summed E-state index contributed by atoms with van der Waals surface area (Å²) in [6.07, 6.45) is 0. The number of anilines is 3. The van der Waals surface area contributed by atoms with Gasteiger partial charge in [0.25, 0.3) is 0 Å². The Hall–Kier alpha value is -6.44. The molecule has 1 nitrogen and oxygen atoms in total. The molecule has 0 N–H and O–H groups in total. The Kier molecular flexibility index (Phi) is 7.36. The van der Waals surface area contributed by atoms with Crippen molar-refractivity contribution in [3.63, 3.8) is 0 Å². The quantitative estimate of drug-likeness (QED) is 0.170. The standard InChI is InChI=1S/C57H47N/c1-55(2)47-24-11-7-18-41(47)44-34-31-37(35-50(44)55)39-17-10-14-27-51(39)58(52-28-16-23-46-43-20-9-13-26-49(43)57(5,6)54(46)52)38-32-29-36(30-33-38)40-21-15-22-45-42-19-8-12-25-48(42)56(3,4)53(40)45/h7-35H,1-6H3. The molecule has 0 saturated carbocycles. The van der Waals surface area contributed by atoms with E-state index in [2.05, 4.69) is 222 Å². The lowest BCUT2D eigenvalue weighted by Crippen LogP contribution is -2.21. The molecule has 0 unspecified atom stereocenters. The number of fused-ring (bicyclic) bond motifs is 9. The van der Waals surface area contributed by atoms with E-state index < -0.39 is 0 Å². The zero-order chi connectivity index (χ0) is 39.6. The van der Waals surface area contributed by atoms with Crippen LogP contribution in [0.15, 0.2) is 176 Å². The van der Waals surface area contributed by atoms with Crippen molar-refractivity contribution in [2.45, 2.75) is 57.8 Å². The normalized spacial score (nSPS) is 15.5. The van der Waals surface area contributed by atoms with Gasteiger partial charge in [-0.15, -0.1) is 0 Å². The molecule has 8 aromatic carbocycles. The molecule has 3 aliphatic carbocycles. The van der Waals surface area contributed by atoms with E-state index in [9.17, 15) is 0 Å². The summed E-state index contributed by atoms with van der Waals surface area (Å²) in [4.78, 5) is 2.54. The van der Waals surface area contributed by atoms with Crippen LogP contribution in [0.2, 0.25) is 0 Å². The van der Waals surface area contributed by atoms with E-state index in [0.29, 0.717) is 0 Å². The third-order valence-corrected chi connectivity index (χ3v) is 13.9. The second kappa shape index (κ2) is 12.3. The van der Waals surface area contributed by atoms with Gasteiger partial charge in [-0.25, -0.2) is 0 Å². The van der Waals surface area contributed by atoms with Crippen molar-refractivity contribution in [2.75, 3.05) is 4.90 Å². The largest absolute Gasteiger partial charge is 0.310 e. The number of hydrogen-bond acceptors (Lipinski definition) is 1. The first-order chi connectivity index (χ1) is 28.1. The molecule has 0 heterocycles. The highest BCUT2D eigenvalue weighted by molar-refractivity contribution is 5.96. The van der Waals surface area contributed by atoms with Crippen molar-refractivity contribution in [3.8, 4) is 55.6 Å². The van der Waals surface area contributed by atoms with Gasteiger partial charge in [0.05, 0.1) is 11.4 Å². The molecule has 0 spiro atoms. The monoisotopic (exact) mass is 745 g/mol. The summed E-state index contributed by atoms with van der Waals surface area (Å²) in [5.74, 6) is 0. The topological polar surface area (TPSA) is 3.24 Å². The number of rotatable bonds is 5. The zero-order valence-electron chi connectivity index (χ0n) is 34.2. The third-order valence-electron chi connectivity index (χ3n) is 13.9. The molecule has 58 heavy (non-hydrogen) atoms. The first-order valence-electron chi connectivity index (χ1n) is 20.8. The lowest BCUT2D eigenvalue weighted by molar-refractivity contribution is 0.660. The zero-order valence-corrected chi connectivity index (χ0v) is 34.2. The van der Waals surface area contributed by atoms with Gasteiger partial charge >= 0.3 is 0 Å². The Morgan fingerprint density at radius 2 is 0.724 bits per heavy atom. The van der Waals surface area contributed by atoms with E-state index in [-0.39, 0.29) is 16.2 Å². The fourth-order valence-corrected chi connectivity index (χ4v) is 11.1. The third kappa shape index (κ3) is 4.77. The molecular formula is C57H47N. The summed E-state index contributed by atoms with van der Waals surface area (Å²) in [6, 6.07) is 66.1. The lowest BCUT2D eigenvalue weighted by Gasteiger charge is -2.33. The highest BCUT2D eigenvalue weighted by Gasteiger charge is 2.40. The van der Waals surface area contributed by atoms with Gasteiger partial charge in [0, 0.05) is 27.5 Å². The summed E-state index contributed by atoms with van der Waals surface area (Å²) in [5, 5.41) is 0. The van der Waals surface area contributed by atoms with Crippen LogP contribution in [-0.4, -0.2) is 0 Å². The number of nitrogens with zero attached hydrogens (tertiary/aromatic N) is 1. The van der Waals surface area contributed by atoms with E-state index in [1.807, 2.05) is 0 Å². The van der Waals surface area contributed by atoms with E-state index in [1.54, 1.807) is 0 Å². The van der Waals surface area contributed by atoms with Crippen LogP contribution < -0.4 is 4.90 Å². The fourth-order valence-electron chi connectivity index (χ4n) is 11.1. The average Bonchev–Trinajstić information content (AvgIpc) is 3.74. The van der Waals surface area contributed by atoms with Crippen molar-refractivity contribution in [1.29, 1.82) is 0 Å². The van der Waals surface area contributed by atoms with Gasteiger partial charge < -0.3 is 4.90 Å². The van der Waals surface area contributed by atoms with Gasteiger partial charge in [-0.1, -0.05) is 187 Å². The molecule has 0 bridgehead atoms. The minimum Gasteiger partial charge on any atom is -0.310 e. The smallest absolute Gasteiger partial charge is 0.0540 e. The summed E-state index contributed by atoms with van der Waals surface area (Å²) >= 11 is 0. The van der Waals surface area contributed by atoms with Crippen LogP contribution in [0.4, 0.5) is 17.1 Å². The first kappa shape index (κ1) is 34.8. The maximum atomic E-state index is 2.54. The Balaban J connectivity index is 1.10. The second-order valence-corrected chi connectivity index (χ2v) is 18.1. The van der Waals surface area contributed by atoms with Crippen molar-refractivity contribution in [3.05, 3.63) is 209 Å². The van der Waals surface area contributed by atoms with Crippen LogP contribution in [-0.2, 0) is 16.2 Å². The minimum absolute atomic E-state index is 0.0873. The molecule has 0 radical (unpaired) electrons. The van der Waals surface area contributed by atoms with Crippen LogP contribution in [0.5, 0.6) is 0 Å². The molecule has 11 rings (SSSR count). The summed E-state index contributed by atoms with van der Waals surface area (Å²) < 4.78 is 0. The summed E-state index contributed by atoms with van der Waals surface area (Å²) in [7, 11) is 0. The predicted molar refractivity (Wildman–Crippen MR) is 245 cm³/mol. The molecule has 1 heteroatoms. The van der Waals surface area contributed by atoms with Crippen LogP contribution in [0, 0.1) is 0 Å². The highest BCUT2D eigenvalue weighted by atomic mass is 15.1. The number of benzene rings is 8. The van der Waals surface area contributed by atoms with Gasteiger partial charge in [-0.05, 0) is 114 Å². The molecule has 0 atom stereocenters. The van der Waals surface area contributed by atoms with Gasteiger partial charge in [0.1, 0.15) is 0 Å². The fraction of sp³-hybridized carbons (Fsp3) is 0.158. The van der Waals surface area contributed by atoms with Crippen LogP contribution in [0.1, 0.15) is 74.9 Å². The van der Waals surface area contributed by atoms with Gasteiger partial charge in [0.15, 0.2) is 0 Å². The highest BCUT2D eigenvalue weighted by Crippen LogP contribution is 2.57. The van der Waals surface area contributed by atoms with Crippen LogP contribution in [0.25, 0.3) is 55.6 Å². The van der Waals surface area contributed by atoms with Gasteiger partial charge in [0.2, 0.25) is 0 Å². The Labute approximate surface area is 343 Å². The molecule has 0 aromatic heterocycles. The molecule has 0 saturated heterocycles. The van der Waals surface area contributed by atoms with Crippen LogP contribution >= 0.6 is 0 Å². The van der Waals surface area contributed by atoms with E-state index in [1.165, 1.54) is 100 Å². The summed E-state index contributed by atoms with van der Waals surface area (Å²) in [5.41, 5.74) is 24.5. The second-order valence-electron chi connectivity index (χ2n) is 18.1. The Bertz CT molecular complexity index is 2970. The molecular weight excluding hydrogens is 699 g/mol. The van der Waals surface area contributed by atoms with E-state index in [4.69, 9.17) is 0 Å². The van der Waals surface area contributed by atoms with Crippen molar-refractivity contribution in [1.82, 2.24) is 0 Å². The van der Waals surface area contributed by atoms with Crippen molar-refractivity contribution < 1.29 is 0 Å².